The van der Waals surface area contributed by atoms with Crippen molar-refractivity contribution in [3.05, 3.63) is 41.7 Å². The van der Waals surface area contributed by atoms with Crippen molar-refractivity contribution in [2.45, 2.75) is 64.7 Å². The molecule has 0 spiro atoms. The van der Waals surface area contributed by atoms with E-state index < -0.39 is 0 Å². The summed E-state index contributed by atoms with van der Waals surface area (Å²) in [4.78, 5) is 12.2. The molecule has 1 aliphatic rings. The van der Waals surface area contributed by atoms with E-state index in [9.17, 15) is 4.79 Å². The molecule has 27 heavy (non-hydrogen) atoms. The molecule has 3 rings (SSSR count). The van der Waals surface area contributed by atoms with Gasteiger partial charge in [0.2, 0.25) is 0 Å². The highest BCUT2D eigenvalue weighted by Crippen LogP contribution is 2.34. The Kier molecular flexibility index (Phi) is 6.91. The Morgan fingerprint density at radius 1 is 1.15 bits per heavy atom. The number of rotatable bonds is 8. The van der Waals surface area contributed by atoms with Gasteiger partial charge < -0.3 is 9.47 Å². The van der Waals surface area contributed by atoms with Crippen molar-refractivity contribution < 1.29 is 14.3 Å². The zero-order valence-corrected chi connectivity index (χ0v) is 16.4. The molecular formula is C22H30N2O3. The van der Waals surface area contributed by atoms with Gasteiger partial charge in [-0.05, 0) is 56.5 Å². The Balaban J connectivity index is 1.86. The first-order valence-corrected chi connectivity index (χ1v) is 10.2. The topological polar surface area (TPSA) is 53.4 Å². The van der Waals surface area contributed by atoms with Gasteiger partial charge in [0.15, 0.2) is 5.69 Å². The predicted molar refractivity (Wildman–Crippen MR) is 106 cm³/mol. The van der Waals surface area contributed by atoms with Crippen LogP contribution in [0.5, 0.6) is 5.75 Å². The van der Waals surface area contributed by atoms with E-state index in [0.717, 1.165) is 49.4 Å². The van der Waals surface area contributed by atoms with Gasteiger partial charge in [-0.25, -0.2) is 9.48 Å². The van der Waals surface area contributed by atoms with Gasteiger partial charge in [-0.15, -0.1) is 0 Å². The van der Waals surface area contributed by atoms with Gasteiger partial charge in [0.25, 0.3) is 0 Å². The van der Waals surface area contributed by atoms with Crippen molar-refractivity contribution in [3.63, 3.8) is 0 Å². The van der Waals surface area contributed by atoms with Crippen molar-refractivity contribution in [1.29, 1.82) is 0 Å². The normalized spacial score (nSPS) is 14.9. The van der Waals surface area contributed by atoms with E-state index >= 15 is 0 Å². The molecule has 5 heteroatoms. The molecule has 1 heterocycles. The van der Waals surface area contributed by atoms with Gasteiger partial charge in [-0.1, -0.05) is 32.6 Å². The molecule has 5 nitrogen and oxygen atoms in total. The lowest BCUT2D eigenvalue weighted by Crippen LogP contribution is -2.11. The van der Waals surface area contributed by atoms with E-state index in [4.69, 9.17) is 9.47 Å². The van der Waals surface area contributed by atoms with Crippen LogP contribution in [-0.4, -0.2) is 29.0 Å². The minimum Gasteiger partial charge on any atom is -0.494 e. The maximum Gasteiger partial charge on any atom is 0.358 e. The van der Waals surface area contributed by atoms with E-state index in [-0.39, 0.29) is 5.97 Å². The maximum absolute atomic E-state index is 12.2. The molecular weight excluding hydrogens is 340 g/mol. The number of benzene rings is 1. The van der Waals surface area contributed by atoms with Crippen LogP contribution in [0.25, 0.3) is 5.69 Å². The molecule has 0 radical (unpaired) electrons. The Hall–Kier alpha value is -2.30. The van der Waals surface area contributed by atoms with Crippen molar-refractivity contribution in [3.8, 4) is 11.4 Å². The number of carbonyl (C=O) groups is 1. The van der Waals surface area contributed by atoms with Crippen molar-refractivity contribution in [2.75, 3.05) is 13.2 Å². The second-order valence-electron chi connectivity index (χ2n) is 7.12. The maximum atomic E-state index is 12.2. The molecule has 0 saturated heterocycles. The van der Waals surface area contributed by atoms with E-state index in [1.165, 1.54) is 19.3 Å². The standard InChI is InChI=1S/C22H30N2O3/c1-3-5-15-27-19-13-11-18(12-14-19)24-21(17-9-7-6-8-10-17)16-20(23-24)22(25)26-4-2/h11-14,16-17H,3-10,15H2,1-2H3. The molecule has 1 fully saturated rings. The summed E-state index contributed by atoms with van der Waals surface area (Å²) in [5, 5.41) is 4.58. The summed E-state index contributed by atoms with van der Waals surface area (Å²) < 4.78 is 12.8. The molecule has 1 aromatic heterocycles. The zero-order chi connectivity index (χ0) is 19.1. The Bertz CT molecular complexity index is 731. The predicted octanol–water partition coefficient (Wildman–Crippen LogP) is 5.28. The van der Waals surface area contributed by atoms with Crippen LogP contribution in [0.2, 0.25) is 0 Å². The monoisotopic (exact) mass is 370 g/mol. The Morgan fingerprint density at radius 3 is 2.56 bits per heavy atom. The fraction of sp³-hybridized carbons (Fsp3) is 0.545. The van der Waals surface area contributed by atoms with E-state index in [0.29, 0.717) is 18.2 Å². The van der Waals surface area contributed by atoms with Crippen LogP contribution >= 0.6 is 0 Å². The van der Waals surface area contributed by atoms with Crippen LogP contribution in [0.1, 0.15) is 80.9 Å². The van der Waals surface area contributed by atoms with Gasteiger partial charge in [-0.3, -0.25) is 0 Å². The van der Waals surface area contributed by atoms with Gasteiger partial charge >= 0.3 is 5.97 Å². The smallest absolute Gasteiger partial charge is 0.358 e. The Labute approximate surface area is 161 Å². The van der Waals surface area contributed by atoms with Gasteiger partial charge in [0, 0.05) is 11.6 Å². The van der Waals surface area contributed by atoms with Crippen LogP contribution in [0.4, 0.5) is 0 Å². The third-order valence-corrected chi connectivity index (χ3v) is 5.09. The molecule has 1 aliphatic carbocycles. The molecule has 0 atom stereocenters. The number of carbonyl (C=O) groups excluding carboxylic acids is 1. The number of esters is 1. The van der Waals surface area contributed by atoms with Gasteiger partial charge in [-0.2, -0.15) is 5.10 Å². The summed E-state index contributed by atoms with van der Waals surface area (Å²) in [6.45, 7) is 5.05. The first-order chi connectivity index (χ1) is 13.2. The van der Waals surface area contributed by atoms with E-state index in [1.807, 2.05) is 41.9 Å². The molecule has 146 valence electrons. The summed E-state index contributed by atoms with van der Waals surface area (Å²) in [6, 6.07) is 9.88. The van der Waals surface area contributed by atoms with Gasteiger partial charge in [0.1, 0.15) is 5.75 Å². The highest BCUT2D eigenvalue weighted by molar-refractivity contribution is 5.87. The fourth-order valence-corrected chi connectivity index (χ4v) is 3.61. The number of nitrogens with zero attached hydrogens (tertiary/aromatic N) is 2. The minimum absolute atomic E-state index is 0.354. The molecule has 0 N–H and O–H groups in total. The number of hydrogen-bond donors (Lipinski definition) is 0. The number of hydrogen-bond acceptors (Lipinski definition) is 4. The SMILES string of the molecule is CCCCOc1ccc(-n2nc(C(=O)OCC)cc2C2CCCCC2)cc1. The number of aromatic nitrogens is 2. The lowest BCUT2D eigenvalue weighted by atomic mass is 9.86. The number of ether oxygens (including phenoxy) is 2. The molecule has 1 saturated carbocycles. The second-order valence-corrected chi connectivity index (χ2v) is 7.12. The number of unbranched alkanes of at least 4 members (excludes halogenated alkanes) is 1. The summed E-state index contributed by atoms with van der Waals surface area (Å²) in [6.07, 6.45) is 8.21. The molecule has 0 unspecified atom stereocenters. The highest BCUT2D eigenvalue weighted by Gasteiger charge is 2.24. The summed E-state index contributed by atoms with van der Waals surface area (Å²) in [5.74, 6) is 0.951. The molecule has 0 amide bonds. The molecule has 2 aromatic rings. The average molecular weight is 370 g/mol. The molecule has 0 bridgehead atoms. The molecule has 0 aliphatic heterocycles. The van der Waals surface area contributed by atoms with Crippen molar-refractivity contribution >= 4 is 5.97 Å². The third-order valence-electron chi connectivity index (χ3n) is 5.09. The van der Waals surface area contributed by atoms with Crippen molar-refractivity contribution in [1.82, 2.24) is 9.78 Å². The van der Waals surface area contributed by atoms with Crippen LogP contribution in [-0.2, 0) is 4.74 Å². The second kappa shape index (κ2) is 9.58. The summed E-state index contributed by atoms with van der Waals surface area (Å²) >= 11 is 0. The average Bonchev–Trinajstić information content (AvgIpc) is 3.15. The minimum atomic E-state index is -0.354. The largest absolute Gasteiger partial charge is 0.494 e. The highest BCUT2D eigenvalue weighted by atomic mass is 16.5. The van der Waals surface area contributed by atoms with Crippen LogP contribution < -0.4 is 4.74 Å². The first kappa shape index (κ1) is 19.5. The van der Waals surface area contributed by atoms with Crippen LogP contribution in [0.3, 0.4) is 0 Å². The summed E-state index contributed by atoms with van der Waals surface area (Å²) in [5.41, 5.74) is 2.45. The lowest BCUT2D eigenvalue weighted by molar-refractivity contribution is 0.0519. The van der Waals surface area contributed by atoms with E-state index in [2.05, 4.69) is 12.0 Å². The summed E-state index contributed by atoms with van der Waals surface area (Å²) in [7, 11) is 0. The van der Waals surface area contributed by atoms with Crippen molar-refractivity contribution in [2.24, 2.45) is 0 Å². The fourth-order valence-electron chi connectivity index (χ4n) is 3.61. The lowest BCUT2D eigenvalue weighted by Gasteiger charge is -2.22. The Morgan fingerprint density at radius 2 is 1.89 bits per heavy atom. The van der Waals surface area contributed by atoms with Gasteiger partial charge in [0.05, 0.1) is 18.9 Å². The van der Waals surface area contributed by atoms with Crippen LogP contribution in [0.15, 0.2) is 30.3 Å². The first-order valence-electron chi connectivity index (χ1n) is 10.2. The zero-order valence-electron chi connectivity index (χ0n) is 16.4. The van der Waals surface area contributed by atoms with E-state index in [1.54, 1.807) is 0 Å². The third kappa shape index (κ3) is 4.90. The molecule has 1 aromatic carbocycles. The van der Waals surface area contributed by atoms with Crippen LogP contribution in [0, 0.1) is 0 Å². The quantitative estimate of drug-likeness (QED) is 0.469.